The highest BCUT2D eigenvalue weighted by molar-refractivity contribution is 7.15. The van der Waals surface area contributed by atoms with Gasteiger partial charge in [-0.3, -0.25) is 4.79 Å². The average molecular weight is 397 g/mol. The average Bonchev–Trinajstić information content (AvgIpc) is 3.26. The van der Waals surface area contributed by atoms with Crippen LogP contribution < -0.4 is 5.32 Å². The molecule has 0 atom stereocenters. The van der Waals surface area contributed by atoms with E-state index in [2.05, 4.69) is 10.3 Å². The fourth-order valence-electron chi connectivity index (χ4n) is 3.92. The van der Waals surface area contributed by atoms with Crippen molar-refractivity contribution in [3.63, 3.8) is 0 Å². The van der Waals surface area contributed by atoms with Crippen molar-refractivity contribution in [1.82, 2.24) is 14.5 Å². The van der Waals surface area contributed by atoms with Gasteiger partial charge in [-0.15, -0.1) is 11.3 Å². The van der Waals surface area contributed by atoms with Crippen LogP contribution in [0.25, 0.3) is 11.0 Å². The van der Waals surface area contributed by atoms with Crippen LogP contribution in [-0.4, -0.2) is 20.4 Å². The number of fused-ring (bicyclic) bond motifs is 2. The lowest BCUT2D eigenvalue weighted by molar-refractivity contribution is -0.116. The molecule has 2 heterocycles. The van der Waals surface area contributed by atoms with Crippen LogP contribution in [0.3, 0.4) is 0 Å². The van der Waals surface area contributed by atoms with Gasteiger partial charge in [0.25, 0.3) is 0 Å². The molecule has 4 rings (SSSR count). The smallest absolute Gasteiger partial charge is 0.246 e. The molecule has 0 bridgehead atoms. The van der Waals surface area contributed by atoms with Gasteiger partial charge in [-0.25, -0.2) is 9.97 Å². The van der Waals surface area contributed by atoms with E-state index in [4.69, 9.17) is 4.98 Å². The number of nitrogens with zero attached hydrogens (tertiary/aromatic N) is 3. The summed E-state index contributed by atoms with van der Waals surface area (Å²) >= 11 is 1.66. The zero-order valence-electron chi connectivity index (χ0n) is 16.3. The highest BCUT2D eigenvalue weighted by atomic mass is 32.1. The van der Waals surface area contributed by atoms with E-state index in [0.29, 0.717) is 0 Å². The number of hydrogen-bond donors (Lipinski definition) is 1. The van der Waals surface area contributed by atoms with Gasteiger partial charge in [-0.2, -0.15) is 0 Å². The number of carbonyl (C=O) groups is 1. The molecule has 1 amide bonds. The Labute approximate surface area is 170 Å². The Morgan fingerprint density at radius 3 is 2.54 bits per heavy atom. The quantitative estimate of drug-likeness (QED) is 0.649. The Bertz CT molecular complexity index is 900. The number of benzene rings is 1. The van der Waals surface area contributed by atoms with E-state index in [9.17, 15) is 4.79 Å². The number of amides is 1. The SMILES string of the molecule is O=C(Cn1cnc2ccccc21)Nc1nc2c(s1)CCCCCCCCCC2. The molecule has 0 saturated carbocycles. The standard InChI is InChI=1S/C22H28N4OS/c27-21(15-26-16-23-17-11-9-10-13-19(17)26)25-22-24-18-12-7-5-3-1-2-4-6-8-14-20(18)28-22/h9-11,13,16H,1-8,12,14-15H2,(H,24,25,27). The van der Waals surface area contributed by atoms with Crippen LogP contribution in [0.2, 0.25) is 0 Å². The van der Waals surface area contributed by atoms with Crippen molar-refractivity contribution in [2.24, 2.45) is 0 Å². The molecule has 0 aliphatic heterocycles. The number of thiazole rings is 1. The molecule has 0 radical (unpaired) electrons. The van der Waals surface area contributed by atoms with Gasteiger partial charge in [0.05, 0.1) is 23.1 Å². The lowest BCUT2D eigenvalue weighted by Crippen LogP contribution is -2.18. The van der Waals surface area contributed by atoms with Gasteiger partial charge in [0, 0.05) is 4.88 Å². The summed E-state index contributed by atoms with van der Waals surface area (Å²) in [5.74, 6) is -0.0482. The van der Waals surface area contributed by atoms with Crippen molar-refractivity contribution in [3.8, 4) is 0 Å². The third-order valence-electron chi connectivity index (χ3n) is 5.43. The number of hydrogen-bond acceptors (Lipinski definition) is 4. The highest BCUT2D eigenvalue weighted by Gasteiger charge is 2.14. The second kappa shape index (κ2) is 9.32. The van der Waals surface area contributed by atoms with E-state index in [1.54, 1.807) is 17.7 Å². The fraction of sp³-hybridized carbons (Fsp3) is 0.500. The van der Waals surface area contributed by atoms with E-state index >= 15 is 0 Å². The Balaban J connectivity index is 1.42. The van der Waals surface area contributed by atoms with Crippen molar-refractivity contribution in [2.45, 2.75) is 70.8 Å². The summed E-state index contributed by atoms with van der Waals surface area (Å²) in [6.07, 6.45) is 14.3. The number of rotatable bonds is 3. The summed E-state index contributed by atoms with van der Waals surface area (Å²) in [7, 11) is 0. The molecule has 1 N–H and O–H groups in total. The number of aryl methyl sites for hydroxylation is 2. The minimum absolute atomic E-state index is 0.0482. The Morgan fingerprint density at radius 2 is 1.71 bits per heavy atom. The molecular formula is C22H28N4OS. The molecule has 28 heavy (non-hydrogen) atoms. The zero-order valence-corrected chi connectivity index (χ0v) is 17.1. The second-order valence-electron chi connectivity index (χ2n) is 7.63. The molecule has 6 heteroatoms. The first kappa shape index (κ1) is 19.1. The molecule has 1 aromatic carbocycles. The van der Waals surface area contributed by atoms with Crippen LogP contribution in [0, 0.1) is 0 Å². The van der Waals surface area contributed by atoms with E-state index in [0.717, 1.165) is 29.0 Å². The number of carbonyl (C=O) groups excluding carboxylic acids is 1. The van der Waals surface area contributed by atoms with Crippen molar-refractivity contribution in [1.29, 1.82) is 0 Å². The number of imidazole rings is 1. The first-order valence-electron chi connectivity index (χ1n) is 10.5. The molecule has 3 aromatic rings. The van der Waals surface area contributed by atoms with E-state index in [-0.39, 0.29) is 12.5 Å². The van der Waals surface area contributed by atoms with Crippen molar-refractivity contribution >= 4 is 33.4 Å². The van der Waals surface area contributed by atoms with Crippen LogP contribution >= 0.6 is 11.3 Å². The van der Waals surface area contributed by atoms with E-state index in [1.807, 2.05) is 28.8 Å². The molecule has 0 spiro atoms. The summed E-state index contributed by atoms with van der Waals surface area (Å²) in [5.41, 5.74) is 3.09. The van der Waals surface area contributed by atoms with Crippen molar-refractivity contribution in [3.05, 3.63) is 41.2 Å². The van der Waals surface area contributed by atoms with E-state index < -0.39 is 0 Å². The third-order valence-corrected chi connectivity index (χ3v) is 6.51. The van der Waals surface area contributed by atoms with Crippen LogP contribution in [0.4, 0.5) is 5.13 Å². The Kier molecular flexibility index (Phi) is 6.37. The largest absolute Gasteiger partial charge is 0.321 e. The summed E-state index contributed by atoms with van der Waals surface area (Å²) in [5, 5.41) is 3.76. The molecular weight excluding hydrogens is 368 g/mol. The van der Waals surface area contributed by atoms with Gasteiger partial charge >= 0.3 is 0 Å². The predicted molar refractivity (Wildman–Crippen MR) is 115 cm³/mol. The maximum absolute atomic E-state index is 12.6. The topological polar surface area (TPSA) is 59.8 Å². The van der Waals surface area contributed by atoms with Crippen molar-refractivity contribution < 1.29 is 4.79 Å². The molecule has 1 aliphatic carbocycles. The summed E-state index contributed by atoms with van der Waals surface area (Å²) < 4.78 is 1.88. The number of aromatic nitrogens is 3. The van der Waals surface area contributed by atoms with Gasteiger partial charge < -0.3 is 9.88 Å². The predicted octanol–water partition coefficient (Wildman–Crippen LogP) is 5.35. The molecule has 0 fully saturated rings. The minimum Gasteiger partial charge on any atom is -0.321 e. The summed E-state index contributed by atoms with van der Waals surface area (Å²) in [4.78, 5) is 23.1. The molecule has 148 valence electrons. The van der Waals surface area contributed by atoms with Gasteiger partial charge in [-0.1, -0.05) is 50.7 Å². The van der Waals surface area contributed by atoms with Crippen LogP contribution in [0.5, 0.6) is 0 Å². The molecule has 1 aliphatic rings. The normalized spacial score (nSPS) is 16.1. The molecule has 0 saturated heterocycles. The first-order valence-corrected chi connectivity index (χ1v) is 11.3. The fourth-order valence-corrected chi connectivity index (χ4v) is 4.98. The lowest BCUT2D eigenvalue weighted by Gasteiger charge is -2.06. The van der Waals surface area contributed by atoms with Crippen molar-refractivity contribution in [2.75, 3.05) is 5.32 Å². The summed E-state index contributed by atoms with van der Waals surface area (Å²) in [6, 6.07) is 7.87. The lowest BCUT2D eigenvalue weighted by atomic mass is 10.0. The zero-order chi connectivity index (χ0) is 19.2. The maximum Gasteiger partial charge on any atom is 0.246 e. The number of nitrogens with one attached hydrogen (secondary N) is 1. The number of para-hydroxylation sites is 2. The first-order chi connectivity index (χ1) is 13.8. The molecule has 2 aromatic heterocycles. The summed E-state index contributed by atoms with van der Waals surface area (Å²) in [6.45, 7) is 0.255. The van der Waals surface area contributed by atoms with E-state index in [1.165, 1.54) is 61.9 Å². The highest BCUT2D eigenvalue weighted by Crippen LogP contribution is 2.27. The third kappa shape index (κ3) is 4.79. The van der Waals surface area contributed by atoms with Gasteiger partial charge in [0.15, 0.2) is 5.13 Å². The Hall–Kier alpha value is -2.21. The minimum atomic E-state index is -0.0482. The number of anilines is 1. The van der Waals surface area contributed by atoms with Crippen LogP contribution in [-0.2, 0) is 24.2 Å². The monoisotopic (exact) mass is 396 g/mol. The van der Waals surface area contributed by atoms with Crippen LogP contribution in [0.15, 0.2) is 30.6 Å². The van der Waals surface area contributed by atoms with Crippen LogP contribution in [0.1, 0.15) is 61.9 Å². The molecule has 5 nitrogen and oxygen atoms in total. The second-order valence-corrected chi connectivity index (χ2v) is 8.71. The van der Waals surface area contributed by atoms with Gasteiger partial charge in [0.1, 0.15) is 6.54 Å². The van der Waals surface area contributed by atoms with Gasteiger partial charge in [0.2, 0.25) is 5.91 Å². The Morgan fingerprint density at radius 1 is 1.00 bits per heavy atom. The molecule has 0 unspecified atom stereocenters. The maximum atomic E-state index is 12.6. The van der Waals surface area contributed by atoms with Gasteiger partial charge in [-0.05, 0) is 37.8 Å².